The van der Waals surface area contributed by atoms with Crippen LogP contribution < -0.4 is 142 Å². The molecular weight excluding hydrogens is 1910 g/mol. The summed E-state index contributed by atoms with van der Waals surface area (Å²) in [4.78, 5) is 243. The number of hydrogen-bond donors (Lipinski definition) is 35. The van der Waals surface area contributed by atoms with E-state index in [1.165, 1.54) is 29.4 Å². The van der Waals surface area contributed by atoms with Crippen molar-refractivity contribution in [3.8, 4) is 0 Å². The summed E-state index contributed by atoms with van der Waals surface area (Å²) in [5.74, 6) is -16.0. The number of carboxylic acid groups (broad SMARTS) is 1. The summed E-state index contributed by atoms with van der Waals surface area (Å²) in [6, 6.07) is -20.5. The van der Waals surface area contributed by atoms with E-state index in [9.17, 15) is 38.7 Å². The number of nitrogens with one attached hydrogen (secondary N) is 25. The number of nitrogens with zero attached hydrogens (tertiary/aromatic N) is 6. The van der Waals surface area contributed by atoms with Crippen molar-refractivity contribution in [3.63, 3.8) is 0 Å². The van der Waals surface area contributed by atoms with Crippen LogP contribution in [0.15, 0.2) is 0 Å². The van der Waals surface area contributed by atoms with Crippen LogP contribution in [0.4, 0.5) is 0 Å². The average molecular weight is 2080 g/mol. The van der Waals surface area contributed by atoms with Crippen molar-refractivity contribution >= 4 is 142 Å². The molecule has 57 nitrogen and oxygen atoms in total. The van der Waals surface area contributed by atoms with Gasteiger partial charge in [0.1, 0.15) is 90.6 Å². The Hall–Kier alpha value is -14.4. The number of rotatable bonds is 61. The third kappa shape index (κ3) is 39.8. The summed E-state index contributed by atoms with van der Waals surface area (Å²) >= 11 is 0. The minimum absolute atomic E-state index is 0.00697. The number of carbonyl (C=O) groups excluding carboxylic acids is 15. The number of guanidine groups is 8. The Kier molecular flexibility index (Phi) is 51.0. The van der Waals surface area contributed by atoms with E-state index in [2.05, 4.69) is 90.4 Å². The summed E-state index contributed by atoms with van der Waals surface area (Å²) in [6.07, 6.45) is 3.96. The fourth-order valence-electron chi connectivity index (χ4n) is 19.0. The molecule has 147 heavy (non-hydrogen) atoms. The molecule has 6 aliphatic heterocycles. The number of carbonyl (C=O) groups is 16. The number of hydrogen-bond acceptors (Lipinski definition) is 25. The summed E-state index contributed by atoms with van der Waals surface area (Å²) in [6.45, 7) is 8.10. The topological polar surface area (TPSA) is 942 Å². The normalized spacial score (nSPS) is 19.6. The monoisotopic (exact) mass is 2080 g/mol. The molecule has 0 aromatic carbocycles. The van der Waals surface area contributed by atoms with Gasteiger partial charge in [0.15, 0.2) is 47.7 Å². The number of nitrogens with two attached hydrogens (primary N) is 9. The lowest BCUT2D eigenvalue weighted by Gasteiger charge is -2.34. The predicted molar refractivity (Wildman–Crippen MR) is 544 cm³/mol. The quantitative estimate of drug-likeness (QED) is 0.0153. The van der Waals surface area contributed by atoms with Crippen molar-refractivity contribution in [3.05, 3.63) is 0 Å². The molecule has 824 valence electrons. The Bertz CT molecular complexity index is 4590. The van der Waals surface area contributed by atoms with Crippen molar-refractivity contribution in [2.75, 3.05) is 91.6 Å². The first kappa shape index (κ1) is 121. The second kappa shape index (κ2) is 61.8. The molecular formula is C90H162N40O17. The molecule has 15 amide bonds. The Balaban J connectivity index is 1.19. The van der Waals surface area contributed by atoms with Gasteiger partial charge in [-0.15, -0.1) is 0 Å². The number of amides is 15. The highest BCUT2D eigenvalue weighted by atomic mass is 16.4. The van der Waals surface area contributed by atoms with E-state index in [4.69, 9.17) is 94.9 Å². The van der Waals surface area contributed by atoms with Gasteiger partial charge < -0.3 is 176 Å². The Morgan fingerprint density at radius 1 is 0.286 bits per heavy atom. The molecule has 0 bridgehead atoms. The fraction of sp³-hybridized carbons (Fsp3) is 0.733. The highest BCUT2D eigenvalue weighted by Gasteiger charge is 2.49. The van der Waals surface area contributed by atoms with Crippen LogP contribution in [0.5, 0.6) is 0 Å². The van der Waals surface area contributed by atoms with Crippen LogP contribution >= 0.6 is 0 Å². The zero-order valence-electron chi connectivity index (χ0n) is 84.9. The highest BCUT2D eigenvalue weighted by Crippen LogP contribution is 2.31. The van der Waals surface area contributed by atoms with Gasteiger partial charge in [0.2, 0.25) is 88.6 Å². The lowest BCUT2D eigenvalue weighted by molar-refractivity contribution is -0.148. The standard InChI is InChI=1S/C90H162N40O17/c1-5-50(4)66(124-69(133)53(22-8-36-110-85(96)97)116-67(131)51(91)20-6-34-108-83(92)93)75(139)121-57(26-12-40-114-89(104)105)78(142)126-43-15-29-61(126)72(136)120-56(25-11-39-113-88(102)103)79(143)130-47-19-33-65(130)81(145)129-46-18-32-64(129)70(134)117-52(21-7-35-109-84(94)95)68(132)123-59(48-49(2)3)80(144)128-45-17-30-62(128)73(137)119-54(23-9-37-111-86(98)99)76(140)125-42-14-28-60(125)71(135)118-55(24-10-38-112-87(100)101)77(141)127-44-16-31-63(127)74(138)122-58(82(146)147)27-13-41-115-90(106)107/h49-66H,5-48,91H2,1-4H3,(H,116,131)(H,117,134)(H,118,135)(H,119,137)(H,120,136)(H,121,139)(H,122,138)(H,123,132)(H,124,133)(H,146,147)(H4,92,93,108)(H4,94,95,109)(H4,96,97,110)(H4,98,99,111)(H4,100,101,112)(H4,102,103,113)(H4,104,105,114)(H4,106,107,115)/t50-,51-,52-,53-,54-,55-,56-,57-,58-,59-,60-,61-,62-,63-,64-,65-,66-/m0/s1. The number of likely N-dealkylation sites (tertiary alicyclic amines) is 6. The van der Waals surface area contributed by atoms with Crippen LogP contribution in [0.1, 0.15) is 220 Å². The van der Waals surface area contributed by atoms with Gasteiger partial charge in [0, 0.05) is 91.6 Å². The summed E-state index contributed by atoms with van der Waals surface area (Å²) in [5.41, 5.74) is 50.6. The van der Waals surface area contributed by atoms with E-state index in [-0.39, 0.29) is 293 Å². The van der Waals surface area contributed by atoms with Crippen molar-refractivity contribution in [1.29, 1.82) is 43.3 Å². The summed E-state index contributed by atoms with van der Waals surface area (Å²) in [7, 11) is 0. The number of carboxylic acids is 1. The SMILES string of the molecule is CC[C@H](C)[C@H](NC(=O)[C@H](CCCNC(=N)N)NC(=O)[C@@H](N)CCCNC(=N)N)C(=O)N[C@@H](CCCNC(=N)N)C(=O)N1CCC[C@H]1C(=O)N[C@@H](CCCNC(=N)N)C(=O)N1CCC[C@H]1C(=O)N1CCC[C@H]1C(=O)N[C@@H](CCCNC(=N)N)C(=O)N[C@@H](CC(C)C)C(=O)N1CCC[C@H]1C(=O)N[C@@H](CCCNC(=N)N)C(=O)N1CCC[C@H]1C(=O)N[C@@H](CCCNC(=N)N)C(=O)N1CCC[C@H]1C(=O)N[C@@H](CCCNC(=N)N)C(=O)O. The van der Waals surface area contributed by atoms with Gasteiger partial charge in [-0.05, 0) is 198 Å². The van der Waals surface area contributed by atoms with Gasteiger partial charge >= 0.3 is 5.97 Å². The zero-order valence-corrected chi connectivity index (χ0v) is 84.9. The zero-order chi connectivity index (χ0) is 109. The summed E-state index contributed by atoms with van der Waals surface area (Å²) in [5, 5.41) is 118. The van der Waals surface area contributed by atoms with E-state index in [1.54, 1.807) is 27.7 Å². The number of aliphatic carboxylic acids is 1. The van der Waals surface area contributed by atoms with Gasteiger partial charge in [-0.2, -0.15) is 0 Å². The largest absolute Gasteiger partial charge is 0.480 e. The first-order chi connectivity index (χ1) is 69.7. The molecule has 6 aliphatic rings. The average Bonchev–Trinajstić information content (AvgIpc) is 1.64. The molecule has 6 heterocycles. The minimum atomic E-state index is -1.42. The smallest absolute Gasteiger partial charge is 0.326 e. The predicted octanol–water partition coefficient (Wildman–Crippen LogP) is -9.09. The fourth-order valence-corrected chi connectivity index (χ4v) is 19.0. The van der Waals surface area contributed by atoms with Gasteiger partial charge in [-0.1, -0.05) is 34.1 Å². The maximum Gasteiger partial charge on any atom is 0.326 e. The summed E-state index contributed by atoms with van der Waals surface area (Å²) < 4.78 is 0. The lowest BCUT2D eigenvalue weighted by atomic mass is 9.96. The van der Waals surface area contributed by atoms with Crippen molar-refractivity contribution in [2.45, 2.75) is 317 Å². The third-order valence-corrected chi connectivity index (χ3v) is 26.7. The van der Waals surface area contributed by atoms with Gasteiger partial charge in [0.05, 0.1) is 6.04 Å². The molecule has 0 aliphatic carbocycles. The molecule has 0 radical (unpaired) electrons. The van der Waals surface area contributed by atoms with E-state index >= 15 is 43.2 Å². The van der Waals surface area contributed by atoms with Crippen LogP contribution in [0.2, 0.25) is 0 Å². The molecule has 0 unspecified atom stereocenters. The Morgan fingerprint density at radius 3 is 0.810 bits per heavy atom. The molecule has 57 heteroatoms. The molecule has 6 saturated heterocycles. The first-order valence-electron chi connectivity index (χ1n) is 50.9. The van der Waals surface area contributed by atoms with E-state index in [1.807, 2.05) is 0 Å². The molecule has 6 fully saturated rings. The van der Waals surface area contributed by atoms with Crippen molar-refractivity contribution in [2.24, 2.45) is 63.4 Å². The second-order valence-electron chi connectivity index (χ2n) is 38.4. The van der Waals surface area contributed by atoms with E-state index in [0.717, 1.165) is 0 Å². The molecule has 17 atom stereocenters. The van der Waals surface area contributed by atoms with Crippen LogP contribution in [0.25, 0.3) is 0 Å². The molecule has 44 N–H and O–H groups in total. The van der Waals surface area contributed by atoms with Gasteiger partial charge in [-0.25, -0.2) is 4.79 Å². The Morgan fingerprint density at radius 2 is 0.510 bits per heavy atom. The highest BCUT2D eigenvalue weighted by molar-refractivity contribution is 6.02. The maximum absolute atomic E-state index is 15.4. The Labute approximate surface area is 855 Å². The van der Waals surface area contributed by atoms with Crippen LogP contribution in [-0.4, -0.2) is 365 Å². The lowest BCUT2D eigenvalue weighted by Crippen LogP contribution is -2.61. The molecule has 0 aromatic heterocycles. The van der Waals surface area contributed by atoms with Gasteiger partial charge in [0.25, 0.3) is 0 Å². The van der Waals surface area contributed by atoms with Crippen LogP contribution in [-0.2, 0) is 76.7 Å². The third-order valence-electron chi connectivity index (χ3n) is 26.7. The first-order valence-corrected chi connectivity index (χ1v) is 50.9. The maximum atomic E-state index is 15.4. The van der Waals surface area contributed by atoms with E-state index in [0.29, 0.717) is 44.9 Å². The minimum Gasteiger partial charge on any atom is -0.480 e. The molecule has 0 saturated carbocycles. The van der Waals surface area contributed by atoms with E-state index < -0.39 is 197 Å². The molecule has 0 aromatic rings. The molecule has 0 spiro atoms. The van der Waals surface area contributed by atoms with Crippen molar-refractivity contribution < 1.29 is 81.8 Å². The van der Waals surface area contributed by atoms with Crippen LogP contribution in [0.3, 0.4) is 0 Å². The van der Waals surface area contributed by atoms with Crippen molar-refractivity contribution in [1.82, 2.24) is 120 Å². The second-order valence-corrected chi connectivity index (χ2v) is 38.4. The van der Waals surface area contributed by atoms with Crippen LogP contribution in [0, 0.1) is 55.1 Å². The van der Waals surface area contributed by atoms with Gasteiger partial charge in [-0.3, -0.25) is 115 Å². The molecule has 6 rings (SSSR count).